The van der Waals surface area contributed by atoms with Crippen LogP contribution in [0.5, 0.6) is 0 Å². The first kappa shape index (κ1) is 15.0. The molecule has 5 rings (SSSR count). The third-order valence-electron chi connectivity index (χ3n) is 4.98. The molecule has 0 fully saturated rings. The second-order valence-electron chi connectivity index (χ2n) is 6.59. The lowest BCUT2D eigenvalue weighted by atomic mass is 9.95. The van der Waals surface area contributed by atoms with Gasteiger partial charge < -0.3 is 4.42 Å². The van der Waals surface area contributed by atoms with Crippen molar-refractivity contribution in [2.24, 2.45) is 0 Å². The van der Waals surface area contributed by atoms with Crippen LogP contribution in [0.1, 0.15) is 11.1 Å². The molecule has 0 amide bonds. The first-order valence-electron chi connectivity index (χ1n) is 8.92. The molecule has 0 aliphatic heterocycles. The van der Waals surface area contributed by atoms with Gasteiger partial charge in [0.15, 0.2) is 0 Å². The molecular weight excluding hydrogens is 316 g/mol. The number of benzene rings is 4. The predicted octanol–water partition coefficient (Wildman–Crippen LogP) is 6.84. The molecule has 0 atom stereocenters. The van der Waals surface area contributed by atoms with Crippen molar-refractivity contribution in [3.8, 4) is 11.3 Å². The standard InChI is InChI=1S/C25H18O/c1-2-10-19(11-3-1)25-23(22-15-6-7-16-24(22)26-25)17-20-13-8-12-18-9-4-5-14-21(18)20/h1-16H,17H2. The second kappa shape index (κ2) is 6.20. The van der Waals surface area contributed by atoms with Crippen molar-refractivity contribution < 1.29 is 4.42 Å². The molecule has 26 heavy (non-hydrogen) atoms. The highest BCUT2D eigenvalue weighted by Crippen LogP contribution is 2.36. The van der Waals surface area contributed by atoms with Crippen LogP contribution in [0.25, 0.3) is 33.1 Å². The molecule has 0 unspecified atom stereocenters. The third-order valence-corrected chi connectivity index (χ3v) is 4.98. The molecule has 1 heteroatoms. The Morgan fingerprint density at radius 2 is 1.27 bits per heavy atom. The molecule has 0 N–H and O–H groups in total. The van der Waals surface area contributed by atoms with Crippen LogP contribution in [0.4, 0.5) is 0 Å². The largest absolute Gasteiger partial charge is 0.456 e. The number of fused-ring (bicyclic) bond motifs is 2. The normalized spacial score (nSPS) is 11.2. The zero-order chi connectivity index (χ0) is 17.3. The Kier molecular flexibility index (Phi) is 3.57. The van der Waals surface area contributed by atoms with Gasteiger partial charge in [0.2, 0.25) is 0 Å². The SMILES string of the molecule is c1ccc(-c2oc3ccccc3c2Cc2cccc3ccccc23)cc1. The van der Waals surface area contributed by atoms with Crippen molar-refractivity contribution in [1.29, 1.82) is 0 Å². The van der Waals surface area contributed by atoms with Crippen LogP contribution in [0.15, 0.2) is 101 Å². The van der Waals surface area contributed by atoms with Gasteiger partial charge in [0.05, 0.1) is 0 Å². The van der Waals surface area contributed by atoms with E-state index >= 15 is 0 Å². The molecule has 1 nitrogen and oxygen atoms in total. The van der Waals surface area contributed by atoms with Crippen LogP contribution in [0, 0.1) is 0 Å². The minimum absolute atomic E-state index is 0.850. The average molecular weight is 334 g/mol. The first-order chi connectivity index (χ1) is 12.9. The summed E-state index contributed by atoms with van der Waals surface area (Å²) >= 11 is 0. The van der Waals surface area contributed by atoms with E-state index in [0.717, 1.165) is 23.3 Å². The summed E-state index contributed by atoms with van der Waals surface area (Å²) in [6.45, 7) is 0. The van der Waals surface area contributed by atoms with Gasteiger partial charge in [-0.3, -0.25) is 0 Å². The Balaban J connectivity index is 1.73. The fourth-order valence-electron chi connectivity index (χ4n) is 3.73. The van der Waals surface area contributed by atoms with E-state index < -0.39 is 0 Å². The van der Waals surface area contributed by atoms with Crippen molar-refractivity contribution in [2.45, 2.75) is 6.42 Å². The Morgan fingerprint density at radius 1 is 0.577 bits per heavy atom. The fourth-order valence-corrected chi connectivity index (χ4v) is 3.73. The molecule has 1 heterocycles. The molecule has 0 aliphatic rings. The summed E-state index contributed by atoms with van der Waals surface area (Å²) in [6, 6.07) is 33.8. The maximum absolute atomic E-state index is 6.27. The van der Waals surface area contributed by atoms with E-state index in [9.17, 15) is 0 Å². The monoisotopic (exact) mass is 334 g/mol. The van der Waals surface area contributed by atoms with Crippen molar-refractivity contribution in [3.63, 3.8) is 0 Å². The van der Waals surface area contributed by atoms with E-state index in [0.29, 0.717) is 0 Å². The van der Waals surface area contributed by atoms with Gasteiger partial charge >= 0.3 is 0 Å². The van der Waals surface area contributed by atoms with Crippen LogP contribution >= 0.6 is 0 Å². The number of furan rings is 1. The lowest BCUT2D eigenvalue weighted by Crippen LogP contribution is -1.91. The maximum Gasteiger partial charge on any atom is 0.138 e. The van der Waals surface area contributed by atoms with E-state index in [1.165, 1.54) is 27.3 Å². The fraction of sp³-hybridized carbons (Fsp3) is 0.0400. The highest BCUT2D eigenvalue weighted by Gasteiger charge is 2.16. The Morgan fingerprint density at radius 3 is 2.15 bits per heavy atom. The Bertz CT molecular complexity index is 1190. The molecule has 0 aliphatic carbocycles. The minimum atomic E-state index is 0.850. The zero-order valence-corrected chi connectivity index (χ0v) is 14.4. The number of para-hydroxylation sites is 1. The van der Waals surface area contributed by atoms with Gasteiger partial charge in [-0.1, -0.05) is 91.0 Å². The summed E-state index contributed by atoms with van der Waals surface area (Å²) in [6.07, 6.45) is 0.850. The first-order valence-corrected chi connectivity index (χ1v) is 8.92. The molecule has 0 bridgehead atoms. The summed E-state index contributed by atoms with van der Waals surface area (Å²) in [5, 5.41) is 3.78. The molecule has 4 aromatic carbocycles. The van der Waals surface area contributed by atoms with Crippen molar-refractivity contribution in [1.82, 2.24) is 0 Å². The Labute approximate surface area is 152 Å². The highest BCUT2D eigenvalue weighted by molar-refractivity contribution is 5.90. The third kappa shape index (κ3) is 2.49. The molecule has 124 valence electrons. The number of hydrogen-bond acceptors (Lipinski definition) is 1. The molecule has 1 aromatic heterocycles. The molecule has 0 radical (unpaired) electrons. The van der Waals surface area contributed by atoms with Gasteiger partial charge in [-0.2, -0.15) is 0 Å². The number of hydrogen-bond donors (Lipinski definition) is 0. The smallest absolute Gasteiger partial charge is 0.138 e. The van der Waals surface area contributed by atoms with Crippen molar-refractivity contribution >= 4 is 21.7 Å². The zero-order valence-electron chi connectivity index (χ0n) is 14.4. The van der Waals surface area contributed by atoms with Crippen LogP contribution < -0.4 is 0 Å². The van der Waals surface area contributed by atoms with Crippen LogP contribution in [0.2, 0.25) is 0 Å². The van der Waals surface area contributed by atoms with Gasteiger partial charge in [-0.05, 0) is 22.4 Å². The van der Waals surface area contributed by atoms with E-state index in [4.69, 9.17) is 4.42 Å². The van der Waals surface area contributed by atoms with Gasteiger partial charge in [-0.25, -0.2) is 0 Å². The lowest BCUT2D eigenvalue weighted by molar-refractivity contribution is 0.628. The van der Waals surface area contributed by atoms with Crippen molar-refractivity contribution in [2.75, 3.05) is 0 Å². The van der Waals surface area contributed by atoms with Crippen LogP contribution in [-0.4, -0.2) is 0 Å². The van der Waals surface area contributed by atoms with E-state index in [1.807, 2.05) is 18.2 Å². The van der Waals surface area contributed by atoms with Gasteiger partial charge in [0, 0.05) is 22.9 Å². The lowest BCUT2D eigenvalue weighted by Gasteiger charge is -2.08. The molecule has 0 saturated heterocycles. The minimum Gasteiger partial charge on any atom is -0.456 e. The van der Waals surface area contributed by atoms with E-state index in [2.05, 4.69) is 78.9 Å². The topological polar surface area (TPSA) is 13.1 Å². The average Bonchev–Trinajstić information content (AvgIpc) is 3.08. The maximum atomic E-state index is 6.27. The summed E-state index contributed by atoms with van der Waals surface area (Å²) in [5.41, 5.74) is 4.65. The van der Waals surface area contributed by atoms with Crippen LogP contribution in [0.3, 0.4) is 0 Å². The van der Waals surface area contributed by atoms with E-state index in [1.54, 1.807) is 0 Å². The van der Waals surface area contributed by atoms with Gasteiger partial charge in [-0.15, -0.1) is 0 Å². The summed E-state index contributed by atoms with van der Waals surface area (Å²) in [7, 11) is 0. The van der Waals surface area contributed by atoms with E-state index in [-0.39, 0.29) is 0 Å². The van der Waals surface area contributed by atoms with Gasteiger partial charge in [0.25, 0.3) is 0 Å². The molecule has 0 saturated carbocycles. The van der Waals surface area contributed by atoms with Crippen molar-refractivity contribution in [3.05, 3.63) is 108 Å². The van der Waals surface area contributed by atoms with Crippen LogP contribution in [-0.2, 0) is 6.42 Å². The number of rotatable bonds is 3. The predicted molar refractivity (Wildman–Crippen MR) is 108 cm³/mol. The molecule has 0 spiro atoms. The quantitative estimate of drug-likeness (QED) is 0.352. The summed E-state index contributed by atoms with van der Waals surface area (Å²) in [4.78, 5) is 0. The molecular formula is C25H18O. The second-order valence-corrected chi connectivity index (χ2v) is 6.59. The van der Waals surface area contributed by atoms with Gasteiger partial charge in [0.1, 0.15) is 11.3 Å². The Hall–Kier alpha value is -3.32. The summed E-state index contributed by atoms with van der Waals surface area (Å²) in [5.74, 6) is 0.972. The molecule has 5 aromatic rings. The highest BCUT2D eigenvalue weighted by atomic mass is 16.3. The summed E-state index contributed by atoms with van der Waals surface area (Å²) < 4.78 is 6.27.